The Labute approximate surface area is 125 Å². The van der Waals surface area contributed by atoms with Crippen LogP contribution in [-0.4, -0.2) is 66.7 Å². The monoisotopic (exact) mass is 292 g/mol. The number of nitrogens with two attached hydrogens (primary N) is 1. The molecule has 116 valence electrons. The molecule has 0 aromatic heterocycles. The second kappa shape index (κ2) is 8.09. The average molecular weight is 292 g/mol. The van der Waals surface area contributed by atoms with Crippen LogP contribution in [0.25, 0.3) is 0 Å². The lowest BCUT2D eigenvalue weighted by Crippen LogP contribution is -2.49. The summed E-state index contributed by atoms with van der Waals surface area (Å²) in [7, 11) is 0. The maximum atomic E-state index is 12.0. The number of rotatable bonds is 6. The Morgan fingerprint density at radius 2 is 1.76 bits per heavy atom. The lowest BCUT2D eigenvalue weighted by Gasteiger charge is -2.33. The van der Waals surface area contributed by atoms with Gasteiger partial charge in [-0.05, 0) is 17.7 Å². The first kappa shape index (κ1) is 15.9. The largest absolute Gasteiger partial charge is 0.395 e. The van der Waals surface area contributed by atoms with Crippen LogP contribution in [0, 0.1) is 0 Å². The van der Waals surface area contributed by atoms with E-state index >= 15 is 0 Å². The number of carbonyl (C=O) groups is 1. The minimum atomic E-state index is 0.00565. The fourth-order valence-electron chi connectivity index (χ4n) is 2.44. The van der Waals surface area contributed by atoms with E-state index in [4.69, 9.17) is 10.8 Å². The average Bonchev–Trinajstić information content (AvgIpc) is 2.50. The number of hydrogen-bond donors (Lipinski definition) is 3. The van der Waals surface area contributed by atoms with Crippen molar-refractivity contribution in [3.05, 3.63) is 29.8 Å². The zero-order chi connectivity index (χ0) is 15.1. The van der Waals surface area contributed by atoms with Gasteiger partial charge in [0, 0.05) is 45.0 Å². The molecule has 0 saturated carbocycles. The first-order valence-electron chi connectivity index (χ1n) is 7.35. The van der Waals surface area contributed by atoms with Gasteiger partial charge in [0.1, 0.15) is 0 Å². The summed E-state index contributed by atoms with van der Waals surface area (Å²) in [5.41, 5.74) is 7.39. The van der Waals surface area contributed by atoms with Crippen LogP contribution in [0.1, 0.15) is 5.56 Å². The zero-order valence-corrected chi connectivity index (χ0v) is 12.3. The number of nitrogens with one attached hydrogen (secondary N) is 1. The fraction of sp³-hybridized carbons (Fsp3) is 0.533. The summed E-state index contributed by atoms with van der Waals surface area (Å²) in [6.07, 6.45) is 0. The molecule has 21 heavy (non-hydrogen) atoms. The van der Waals surface area contributed by atoms with Gasteiger partial charge in [-0.3, -0.25) is 14.6 Å². The van der Waals surface area contributed by atoms with Crippen LogP contribution >= 0.6 is 0 Å². The predicted octanol–water partition coefficient (Wildman–Crippen LogP) is -0.306. The molecule has 0 spiro atoms. The fourth-order valence-corrected chi connectivity index (χ4v) is 2.44. The lowest BCUT2D eigenvalue weighted by molar-refractivity contribution is -0.117. The molecule has 1 heterocycles. The van der Waals surface area contributed by atoms with Crippen molar-refractivity contribution < 1.29 is 9.90 Å². The van der Waals surface area contributed by atoms with Crippen molar-refractivity contribution in [2.45, 2.75) is 6.54 Å². The Bertz CT molecular complexity index is 441. The highest BCUT2D eigenvalue weighted by Crippen LogP contribution is 2.09. The van der Waals surface area contributed by atoms with Gasteiger partial charge >= 0.3 is 0 Å². The normalized spacial score (nSPS) is 16.9. The van der Waals surface area contributed by atoms with Gasteiger partial charge in [-0.2, -0.15) is 0 Å². The Hall–Kier alpha value is -1.47. The van der Waals surface area contributed by atoms with Crippen molar-refractivity contribution in [2.75, 3.05) is 51.2 Å². The lowest BCUT2D eigenvalue weighted by atomic mass is 10.2. The van der Waals surface area contributed by atoms with E-state index in [1.165, 1.54) is 0 Å². The Morgan fingerprint density at radius 1 is 1.14 bits per heavy atom. The van der Waals surface area contributed by atoms with Gasteiger partial charge in [0.2, 0.25) is 5.91 Å². The van der Waals surface area contributed by atoms with Gasteiger partial charge in [0.15, 0.2) is 0 Å². The highest BCUT2D eigenvalue weighted by molar-refractivity contribution is 5.92. The Morgan fingerprint density at radius 3 is 2.33 bits per heavy atom. The van der Waals surface area contributed by atoms with E-state index in [0.29, 0.717) is 19.6 Å². The van der Waals surface area contributed by atoms with Crippen LogP contribution in [-0.2, 0) is 11.3 Å². The summed E-state index contributed by atoms with van der Waals surface area (Å²) in [5.74, 6) is 0.00565. The van der Waals surface area contributed by atoms with E-state index in [2.05, 4.69) is 15.1 Å². The van der Waals surface area contributed by atoms with Crippen molar-refractivity contribution in [3.63, 3.8) is 0 Å². The number of benzene rings is 1. The maximum Gasteiger partial charge on any atom is 0.238 e. The predicted molar refractivity (Wildman–Crippen MR) is 82.9 cm³/mol. The smallest absolute Gasteiger partial charge is 0.238 e. The topological polar surface area (TPSA) is 81.8 Å². The molecule has 1 amide bonds. The van der Waals surface area contributed by atoms with Crippen molar-refractivity contribution in [1.29, 1.82) is 0 Å². The molecule has 2 rings (SSSR count). The van der Waals surface area contributed by atoms with Crippen LogP contribution in [0.3, 0.4) is 0 Å². The van der Waals surface area contributed by atoms with Crippen LogP contribution in [0.4, 0.5) is 5.69 Å². The van der Waals surface area contributed by atoms with Crippen LogP contribution < -0.4 is 11.1 Å². The van der Waals surface area contributed by atoms with Crippen molar-refractivity contribution in [2.24, 2.45) is 5.73 Å². The SMILES string of the molecule is NCc1ccc(NC(=O)CN2CCN(CCO)CC2)cc1. The van der Waals surface area contributed by atoms with E-state index < -0.39 is 0 Å². The number of hydrogen-bond acceptors (Lipinski definition) is 5. The summed E-state index contributed by atoms with van der Waals surface area (Å²) >= 11 is 0. The molecule has 1 aromatic carbocycles. The van der Waals surface area contributed by atoms with Gasteiger partial charge in [0.25, 0.3) is 0 Å². The maximum absolute atomic E-state index is 12.0. The van der Waals surface area contributed by atoms with Crippen molar-refractivity contribution >= 4 is 11.6 Å². The molecular weight excluding hydrogens is 268 g/mol. The molecule has 1 fully saturated rings. The molecule has 0 radical (unpaired) electrons. The van der Waals surface area contributed by atoms with E-state index in [1.54, 1.807) is 0 Å². The van der Waals surface area contributed by atoms with Crippen LogP contribution in [0.15, 0.2) is 24.3 Å². The number of piperazine rings is 1. The summed E-state index contributed by atoms with van der Waals surface area (Å²) in [6.45, 7) is 5.35. The summed E-state index contributed by atoms with van der Waals surface area (Å²) in [6, 6.07) is 7.59. The third-order valence-electron chi connectivity index (χ3n) is 3.72. The molecular formula is C15H24N4O2. The van der Waals surface area contributed by atoms with Gasteiger partial charge in [-0.1, -0.05) is 12.1 Å². The number of aliphatic hydroxyl groups excluding tert-OH is 1. The Kier molecular flexibility index (Phi) is 6.13. The molecule has 1 saturated heterocycles. The van der Waals surface area contributed by atoms with E-state index in [9.17, 15) is 4.79 Å². The van der Waals surface area contributed by atoms with Gasteiger partial charge < -0.3 is 16.2 Å². The highest BCUT2D eigenvalue weighted by atomic mass is 16.3. The molecule has 4 N–H and O–H groups in total. The van der Waals surface area contributed by atoms with Gasteiger partial charge in [-0.15, -0.1) is 0 Å². The number of amides is 1. The number of anilines is 1. The third kappa shape index (κ3) is 5.09. The second-order valence-corrected chi connectivity index (χ2v) is 5.29. The van der Waals surface area contributed by atoms with Crippen LogP contribution in [0.2, 0.25) is 0 Å². The number of nitrogens with zero attached hydrogens (tertiary/aromatic N) is 2. The molecule has 0 atom stereocenters. The Balaban J connectivity index is 1.74. The molecule has 0 unspecified atom stereocenters. The van der Waals surface area contributed by atoms with Crippen LogP contribution in [0.5, 0.6) is 0 Å². The molecule has 6 nitrogen and oxygen atoms in total. The summed E-state index contributed by atoms with van der Waals surface area (Å²) in [5, 5.41) is 11.8. The van der Waals surface area contributed by atoms with E-state index in [0.717, 1.165) is 37.4 Å². The van der Waals surface area contributed by atoms with Gasteiger partial charge in [-0.25, -0.2) is 0 Å². The molecule has 0 aliphatic carbocycles. The third-order valence-corrected chi connectivity index (χ3v) is 3.72. The minimum Gasteiger partial charge on any atom is -0.395 e. The van der Waals surface area contributed by atoms with Crippen molar-refractivity contribution in [1.82, 2.24) is 9.80 Å². The summed E-state index contributed by atoms with van der Waals surface area (Å²) in [4.78, 5) is 16.4. The standard InChI is InChI=1S/C15H24N4O2/c16-11-13-1-3-14(4-2-13)17-15(21)12-19-7-5-18(6-8-19)9-10-20/h1-4,20H,5-12,16H2,(H,17,21). The number of aliphatic hydroxyl groups is 1. The van der Waals surface area contributed by atoms with Gasteiger partial charge in [0.05, 0.1) is 13.2 Å². The highest BCUT2D eigenvalue weighted by Gasteiger charge is 2.18. The quantitative estimate of drug-likeness (QED) is 0.670. The molecule has 0 bridgehead atoms. The molecule has 1 aliphatic heterocycles. The van der Waals surface area contributed by atoms with E-state index in [1.807, 2.05) is 24.3 Å². The molecule has 1 aliphatic rings. The first-order valence-corrected chi connectivity index (χ1v) is 7.35. The summed E-state index contributed by atoms with van der Waals surface area (Å²) < 4.78 is 0. The zero-order valence-electron chi connectivity index (χ0n) is 12.3. The van der Waals surface area contributed by atoms with E-state index in [-0.39, 0.29) is 12.5 Å². The molecule has 6 heteroatoms. The molecule has 1 aromatic rings. The first-order chi connectivity index (χ1) is 10.2. The number of carbonyl (C=O) groups excluding carboxylic acids is 1. The minimum absolute atomic E-state index is 0.00565. The van der Waals surface area contributed by atoms with Crippen molar-refractivity contribution in [3.8, 4) is 0 Å². The number of β-amino-alcohol motifs (C(OH)–C–C–N with tert-alkyl or cyclic N) is 1. The second-order valence-electron chi connectivity index (χ2n) is 5.29.